The zero-order valence-corrected chi connectivity index (χ0v) is 16.1. The predicted molar refractivity (Wildman–Crippen MR) is 108 cm³/mol. The Morgan fingerprint density at radius 1 is 0.893 bits per heavy atom. The van der Waals surface area contributed by atoms with Crippen LogP contribution < -0.4 is 10.6 Å². The van der Waals surface area contributed by atoms with Gasteiger partial charge in [0.2, 0.25) is 5.91 Å². The van der Waals surface area contributed by atoms with E-state index in [-0.39, 0.29) is 24.2 Å². The molecule has 2 amide bonds. The van der Waals surface area contributed by atoms with Gasteiger partial charge in [-0.15, -0.1) is 0 Å². The maximum Gasteiger partial charge on any atom is 0.338 e. The van der Waals surface area contributed by atoms with Crippen LogP contribution in [0, 0.1) is 0 Å². The number of anilines is 1. The average Bonchev–Trinajstić information content (AvgIpc) is 2.72. The van der Waals surface area contributed by atoms with E-state index in [2.05, 4.69) is 10.6 Å². The molecule has 2 N–H and O–H groups in total. The van der Waals surface area contributed by atoms with E-state index in [4.69, 9.17) is 4.74 Å². The highest BCUT2D eigenvalue weighted by Crippen LogP contribution is 2.11. The summed E-state index contributed by atoms with van der Waals surface area (Å²) in [7, 11) is 0. The molecule has 2 aromatic rings. The molecule has 0 aliphatic heterocycles. The lowest BCUT2D eigenvalue weighted by Gasteiger charge is -2.08. The predicted octanol–water partition coefficient (Wildman–Crippen LogP) is 3.79. The maximum absolute atomic E-state index is 12.0. The summed E-state index contributed by atoms with van der Waals surface area (Å²) in [6.07, 6.45) is 2.63. The molecule has 0 aliphatic rings. The number of nitrogens with one attached hydrogen (secondary N) is 2. The molecule has 0 saturated carbocycles. The molecule has 0 unspecified atom stereocenters. The van der Waals surface area contributed by atoms with Crippen LogP contribution in [-0.2, 0) is 9.53 Å². The molecule has 2 aromatic carbocycles. The van der Waals surface area contributed by atoms with Gasteiger partial charge in [-0.1, -0.05) is 31.5 Å². The highest BCUT2D eigenvalue weighted by atomic mass is 16.5. The SMILES string of the molecule is CCCCOC(=O)c1ccc(NC(=O)CCCNC(=O)c2ccccc2)cc1. The van der Waals surface area contributed by atoms with Crippen molar-refractivity contribution in [3.63, 3.8) is 0 Å². The number of esters is 1. The van der Waals surface area contributed by atoms with Gasteiger partial charge < -0.3 is 15.4 Å². The molecule has 28 heavy (non-hydrogen) atoms. The Balaban J connectivity index is 1.68. The summed E-state index contributed by atoms with van der Waals surface area (Å²) in [4.78, 5) is 35.7. The second-order valence-electron chi connectivity index (χ2n) is 6.34. The zero-order valence-electron chi connectivity index (χ0n) is 16.1. The minimum Gasteiger partial charge on any atom is -0.462 e. The van der Waals surface area contributed by atoms with E-state index in [1.165, 1.54) is 0 Å². The van der Waals surface area contributed by atoms with Crippen molar-refractivity contribution in [2.75, 3.05) is 18.5 Å². The van der Waals surface area contributed by atoms with E-state index in [1.807, 2.05) is 13.0 Å². The van der Waals surface area contributed by atoms with Crippen LogP contribution >= 0.6 is 0 Å². The molecule has 0 saturated heterocycles. The van der Waals surface area contributed by atoms with Crippen LogP contribution in [0.1, 0.15) is 53.3 Å². The van der Waals surface area contributed by atoms with Gasteiger partial charge in [0.1, 0.15) is 0 Å². The van der Waals surface area contributed by atoms with Crippen molar-refractivity contribution in [1.82, 2.24) is 5.32 Å². The first-order valence-electron chi connectivity index (χ1n) is 9.50. The number of rotatable bonds is 10. The molecule has 148 valence electrons. The number of hydrogen-bond donors (Lipinski definition) is 2. The third kappa shape index (κ3) is 7.23. The summed E-state index contributed by atoms with van der Waals surface area (Å²) in [5.41, 5.74) is 1.67. The first-order valence-corrected chi connectivity index (χ1v) is 9.50. The van der Waals surface area contributed by atoms with Crippen LogP contribution in [-0.4, -0.2) is 30.9 Å². The summed E-state index contributed by atoms with van der Waals surface area (Å²) in [6.45, 7) is 2.86. The Morgan fingerprint density at radius 2 is 1.61 bits per heavy atom. The number of ether oxygens (including phenoxy) is 1. The van der Waals surface area contributed by atoms with Crippen LogP contribution in [0.3, 0.4) is 0 Å². The van der Waals surface area contributed by atoms with Crippen molar-refractivity contribution in [3.05, 3.63) is 65.7 Å². The molecule has 0 bridgehead atoms. The molecular formula is C22H26N2O4. The van der Waals surface area contributed by atoms with Crippen molar-refractivity contribution >= 4 is 23.5 Å². The average molecular weight is 382 g/mol. The van der Waals surface area contributed by atoms with Crippen LogP contribution in [0.4, 0.5) is 5.69 Å². The van der Waals surface area contributed by atoms with Gasteiger partial charge >= 0.3 is 5.97 Å². The van der Waals surface area contributed by atoms with Gasteiger partial charge in [0, 0.05) is 24.2 Å². The van der Waals surface area contributed by atoms with Gasteiger partial charge in [0.05, 0.1) is 12.2 Å². The Hall–Kier alpha value is -3.15. The third-order valence-electron chi connectivity index (χ3n) is 4.04. The quantitative estimate of drug-likeness (QED) is 0.484. The van der Waals surface area contributed by atoms with E-state index < -0.39 is 0 Å². The number of unbranched alkanes of at least 4 members (excludes halogenated alkanes) is 1. The highest BCUT2D eigenvalue weighted by Gasteiger charge is 2.08. The lowest BCUT2D eigenvalue weighted by atomic mass is 10.2. The van der Waals surface area contributed by atoms with E-state index in [0.29, 0.717) is 36.4 Å². The molecule has 6 nitrogen and oxygen atoms in total. The summed E-state index contributed by atoms with van der Waals surface area (Å²) >= 11 is 0. The Morgan fingerprint density at radius 3 is 2.29 bits per heavy atom. The van der Waals surface area contributed by atoms with Gasteiger partial charge in [0.25, 0.3) is 5.91 Å². The van der Waals surface area contributed by atoms with Crippen LogP contribution in [0.25, 0.3) is 0 Å². The summed E-state index contributed by atoms with van der Waals surface area (Å²) in [5.74, 6) is -0.657. The monoisotopic (exact) mass is 382 g/mol. The second-order valence-corrected chi connectivity index (χ2v) is 6.34. The Labute approximate surface area is 165 Å². The maximum atomic E-state index is 12.0. The summed E-state index contributed by atoms with van der Waals surface area (Å²) in [5, 5.41) is 5.57. The Kier molecular flexibility index (Phi) is 8.72. The number of hydrogen-bond acceptors (Lipinski definition) is 4. The minimum atomic E-state index is -0.361. The molecular weight excluding hydrogens is 356 g/mol. The molecule has 0 fully saturated rings. The number of carbonyl (C=O) groups excluding carboxylic acids is 3. The fourth-order valence-electron chi connectivity index (χ4n) is 2.45. The van der Waals surface area contributed by atoms with Crippen LogP contribution in [0.2, 0.25) is 0 Å². The zero-order chi connectivity index (χ0) is 20.2. The standard InChI is InChI=1S/C22H26N2O4/c1-2-3-16-28-22(27)18-11-13-19(14-12-18)24-20(25)10-7-15-23-21(26)17-8-5-4-6-9-17/h4-6,8-9,11-14H,2-3,7,10,15-16H2,1H3,(H,23,26)(H,24,25). The summed E-state index contributed by atoms with van der Waals surface area (Å²) < 4.78 is 5.15. The van der Waals surface area contributed by atoms with Crippen molar-refractivity contribution in [1.29, 1.82) is 0 Å². The molecule has 6 heteroatoms. The fourth-order valence-corrected chi connectivity index (χ4v) is 2.45. The van der Waals surface area contributed by atoms with Crippen LogP contribution in [0.5, 0.6) is 0 Å². The topological polar surface area (TPSA) is 84.5 Å². The van der Waals surface area contributed by atoms with Gasteiger partial charge in [-0.2, -0.15) is 0 Å². The lowest BCUT2D eigenvalue weighted by molar-refractivity contribution is -0.116. The highest BCUT2D eigenvalue weighted by molar-refractivity contribution is 5.94. The van der Waals surface area contributed by atoms with Gasteiger partial charge in [-0.05, 0) is 49.2 Å². The largest absolute Gasteiger partial charge is 0.462 e. The lowest BCUT2D eigenvalue weighted by Crippen LogP contribution is -2.25. The molecule has 0 spiro atoms. The number of benzene rings is 2. The normalized spacial score (nSPS) is 10.2. The van der Waals surface area contributed by atoms with E-state index in [9.17, 15) is 14.4 Å². The molecule has 0 aromatic heterocycles. The fraction of sp³-hybridized carbons (Fsp3) is 0.318. The van der Waals surface area contributed by atoms with Crippen LogP contribution in [0.15, 0.2) is 54.6 Å². The van der Waals surface area contributed by atoms with Crippen molar-refractivity contribution in [3.8, 4) is 0 Å². The first kappa shape index (κ1) is 21.2. The third-order valence-corrected chi connectivity index (χ3v) is 4.04. The Bertz CT molecular complexity index is 773. The van der Waals surface area contributed by atoms with E-state index >= 15 is 0 Å². The molecule has 2 rings (SSSR count). The molecule has 0 aliphatic carbocycles. The molecule has 0 radical (unpaired) electrons. The number of amides is 2. The second kappa shape index (κ2) is 11.5. The van der Waals surface area contributed by atoms with Gasteiger partial charge in [-0.25, -0.2) is 4.79 Å². The minimum absolute atomic E-state index is 0.146. The first-order chi connectivity index (χ1) is 13.6. The molecule has 0 heterocycles. The summed E-state index contributed by atoms with van der Waals surface area (Å²) in [6, 6.07) is 15.5. The smallest absolute Gasteiger partial charge is 0.338 e. The van der Waals surface area contributed by atoms with E-state index in [1.54, 1.807) is 48.5 Å². The van der Waals surface area contributed by atoms with Gasteiger partial charge in [0.15, 0.2) is 0 Å². The molecule has 0 atom stereocenters. The van der Waals surface area contributed by atoms with E-state index in [0.717, 1.165) is 12.8 Å². The van der Waals surface area contributed by atoms with Crippen molar-refractivity contribution < 1.29 is 19.1 Å². The van der Waals surface area contributed by atoms with Crippen molar-refractivity contribution in [2.45, 2.75) is 32.6 Å². The van der Waals surface area contributed by atoms with Crippen molar-refractivity contribution in [2.24, 2.45) is 0 Å². The number of carbonyl (C=O) groups is 3. The van der Waals surface area contributed by atoms with Gasteiger partial charge in [-0.3, -0.25) is 9.59 Å².